The molecule has 9 heteroatoms. The molecule has 4 rings (SSSR count). The van der Waals surface area contributed by atoms with Crippen LogP contribution in [0, 0.1) is 0 Å². The van der Waals surface area contributed by atoms with Gasteiger partial charge in [-0.1, -0.05) is 6.07 Å². The number of methoxy groups -OCH3 is 1. The number of amides is 1. The molecule has 33 heavy (non-hydrogen) atoms. The summed E-state index contributed by atoms with van der Waals surface area (Å²) in [6, 6.07) is 10.6. The molecule has 2 aliphatic rings. The van der Waals surface area contributed by atoms with Crippen LogP contribution >= 0.6 is 0 Å². The fraction of sp³-hybridized carbons (Fsp3) is 0.458. The van der Waals surface area contributed by atoms with Crippen LogP contribution in [-0.4, -0.2) is 58.1 Å². The Morgan fingerprint density at radius 1 is 1.06 bits per heavy atom. The first-order chi connectivity index (χ1) is 15.9. The molecule has 0 spiro atoms. The molecular formula is C24H30N2O6S. The second-order valence-electron chi connectivity index (χ2n) is 8.27. The van der Waals surface area contributed by atoms with E-state index in [0.29, 0.717) is 24.7 Å². The standard InChI is InChI=1S/C24H30N2O6S/c1-17(32-21-9-7-18-5-3-4-6-19(18)15-21)24(27)25-20-8-10-22(30-2)23(16-20)33(28,29)26-11-13-31-14-12-26/h7-10,15-17H,3-6,11-14H2,1-2H3,(H,25,27). The number of morpholine rings is 1. The van der Waals surface area contributed by atoms with E-state index in [1.807, 2.05) is 12.1 Å². The van der Waals surface area contributed by atoms with Crippen LogP contribution in [0.4, 0.5) is 5.69 Å². The molecule has 1 aliphatic carbocycles. The predicted molar refractivity (Wildman–Crippen MR) is 124 cm³/mol. The van der Waals surface area contributed by atoms with Gasteiger partial charge in [0.2, 0.25) is 10.0 Å². The summed E-state index contributed by atoms with van der Waals surface area (Å²) in [5.41, 5.74) is 2.98. The van der Waals surface area contributed by atoms with Gasteiger partial charge in [0.15, 0.2) is 6.10 Å². The molecule has 1 fully saturated rings. The van der Waals surface area contributed by atoms with Crippen LogP contribution in [-0.2, 0) is 32.4 Å². The molecule has 1 unspecified atom stereocenters. The maximum absolute atomic E-state index is 13.2. The number of sulfonamides is 1. The molecule has 1 heterocycles. The molecule has 2 aromatic carbocycles. The first kappa shape index (κ1) is 23.5. The molecule has 0 aromatic heterocycles. The number of rotatable bonds is 7. The van der Waals surface area contributed by atoms with Gasteiger partial charge in [-0.2, -0.15) is 4.31 Å². The number of carbonyl (C=O) groups is 1. The second-order valence-corrected chi connectivity index (χ2v) is 10.2. The molecule has 1 saturated heterocycles. The average molecular weight is 475 g/mol. The van der Waals surface area contributed by atoms with E-state index in [4.69, 9.17) is 14.2 Å². The Morgan fingerprint density at radius 3 is 2.52 bits per heavy atom. The van der Waals surface area contributed by atoms with Crippen LogP contribution in [0.3, 0.4) is 0 Å². The second kappa shape index (κ2) is 10.1. The molecule has 1 atom stereocenters. The normalized spacial score (nSPS) is 17.6. The third kappa shape index (κ3) is 5.31. The van der Waals surface area contributed by atoms with Gasteiger partial charge >= 0.3 is 0 Å². The Hall–Kier alpha value is -2.62. The molecule has 1 amide bonds. The van der Waals surface area contributed by atoms with Crippen LogP contribution in [0.1, 0.15) is 30.9 Å². The molecule has 178 valence electrons. The lowest BCUT2D eigenvalue weighted by atomic mass is 9.92. The summed E-state index contributed by atoms with van der Waals surface area (Å²) in [6.07, 6.45) is 3.72. The number of nitrogens with zero attached hydrogens (tertiary/aromatic N) is 1. The van der Waals surface area contributed by atoms with Crippen LogP contribution in [0.15, 0.2) is 41.3 Å². The van der Waals surface area contributed by atoms with Gasteiger partial charge in [0.05, 0.1) is 20.3 Å². The van der Waals surface area contributed by atoms with Crippen LogP contribution < -0.4 is 14.8 Å². The number of nitrogens with one attached hydrogen (secondary N) is 1. The molecule has 1 N–H and O–H groups in total. The maximum Gasteiger partial charge on any atom is 0.265 e. The average Bonchev–Trinajstić information content (AvgIpc) is 2.84. The van der Waals surface area contributed by atoms with E-state index >= 15 is 0 Å². The van der Waals surface area contributed by atoms with Crippen LogP contribution in [0.25, 0.3) is 0 Å². The van der Waals surface area contributed by atoms with Crippen molar-refractivity contribution in [2.45, 2.75) is 43.6 Å². The van der Waals surface area contributed by atoms with E-state index in [0.717, 1.165) is 12.8 Å². The minimum atomic E-state index is -3.79. The number of ether oxygens (including phenoxy) is 3. The van der Waals surface area contributed by atoms with E-state index in [2.05, 4.69) is 11.4 Å². The van der Waals surface area contributed by atoms with Gasteiger partial charge in [-0.15, -0.1) is 0 Å². The van der Waals surface area contributed by atoms with Gasteiger partial charge in [0.25, 0.3) is 5.91 Å². The van der Waals surface area contributed by atoms with Crippen molar-refractivity contribution < 1.29 is 27.4 Å². The van der Waals surface area contributed by atoms with Crippen LogP contribution in [0.2, 0.25) is 0 Å². The minimum Gasteiger partial charge on any atom is -0.495 e. The quantitative estimate of drug-likeness (QED) is 0.663. The molecule has 0 bridgehead atoms. The van der Waals surface area contributed by atoms with Gasteiger partial charge in [-0.05, 0) is 74.1 Å². The lowest BCUT2D eigenvalue weighted by molar-refractivity contribution is -0.122. The summed E-state index contributed by atoms with van der Waals surface area (Å²) < 4.78 is 44.1. The van der Waals surface area contributed by atoms with E-state index in [1.54, 1.807) is 13.0 Å². The number of carbonyl (C=O) groups excluding carboxylic acids is 1. The highest BCUT2D eigenvalue weighted by atomic mass is 32.2. The summed E-state index contributed by atoms with van der Waals surface area (Å²) in [5, 5.41) is 2.76. The maximum atomic E-state index is 13.2. The van der Waals surface area contributed by atoms with Gasteiger partial charge in [0, 0.05) is 18.8 Å². The van der Waals surface area contributed by atoms with Crippen molar-refractivity contribution in [3.8, 4) is 11.5 Å². The summed E-state index contributed by atoms with van der Waals surface area (Å²) in [6.45, 7) is 2.90. The Bertz CT molecular complexity index is 1110. The first-order valence-electron chi connectivity index (χ1n) is 11.2. The number of hydrogen-bond donors (Lipinski definition) is 1. The SMILES string of the molecule is COc1ccc(NC(=O)C(C)Oc2ccc3c(c2)CCCC3)cc1S(=O)(=O)N1CCOCC1. The molecule has 2 aromatic rings. The zero-order chi connectivity index (χ0) is 23.4. The fourth-order valence-electron chi connectivity index (χ4n) is 4.17. The lowest BCUT2D eigenvalue weighted by Gasteiger charge is -2.27. The highest BCUT2D eigenvalue weighted by Gasteiger charge is 2.30. The first-order valence-corrected chi connectivity index (χ1v) is 12.7. The Morgan fingerprint density at radius 2 is 1.79 bits per heavy atom. The molecule has 8 nitrogen and oxygen atoms in total. The van der Waals surface area contributed by atoms with Gasteiger partial charge in [-0.3, -0.25) is 4.79 Å². The number of hydrogen-bond acceptors (Lipinski definition) is 6. The summed E-state index contributed by atoms with van der Waals surface area (Å²) in [5.74, 6) is 0.508. The Labute approximate surface area is 194 Å². The Kier molecular flexibility index (Phi) is 7.21. The van der Waals surface area contributed by atoms with E-state index in [-0.39, 0.29) is 29.6 Å². The van der Waals surface area contributed by atoms with Crippen molar-refractivity contribution >= 4 is 21.6 Å². The van der Waals surface area contributed by atoms with E-state index in [9.17, 15) is 13.2 Å². The van der Waals surface area contributed by atoms with Gasteiger partial charge in [0.1, 0.15) is 16.4 Å². The number of fused-ring (bicyclic) bond motifs is 1. The van der Waals surface area contributed by atoms with E-state index in [1.165, 1.54) is 47.5 Å². The number of aryl methyl sites for hydroxylation is 2. The smallest absolute Gasteiger partial charge is 0.265 e. The molecule has 1 aliphatic heterocycles. The molecule has 0 saturated carbocycles. The number of benzene rings is 2. The summed E-state index contributed by atoms with van der Waals surface area (Å²) in [7, 11) is -2.38. The zero-order valence-corrected chi connectivity index (χ0v) is 19.8. The summed E-state index contributed by atoms with van der Waals surface area (Å²) in [4.78, 5) is 12.8. The largest absolute Gasteiger partial charge is 0.495 e. The van der Waals surface area contributed by atoms with Gasteiger partial charge < -0.3 is 19.5 Å². The van der Waals surface area contributed by atoms with Crippen molar-refractivity contribution in [2.24, 2.45) is 0 Å². The molecule has 0 radical (unpaired) electrons. The van der Waals surface area contributed by atoms with Crippen molar-refractivity contribution in [1.29, 1.82) is 0 Å². The minimum absolute atomic E-state index is 0.00737. The van der Waals surface area contributed by atoms with Crippen LogP contribution in [0.5, 0.6) is 11.5 Å². The highest BCUT2D eigenvalue weighted by molar-refractivity contribution is 7.89. The Balaban J connectivity index is 1.48. The van der Waals surface area contributed by atoms with Gasteiger partial charge in [-0.25, -0.2) is 8.42 Å². The van der Waals surface area contributed by atoms with Crippen molar-refractivity contribution in [2.75, 3.05) is 38.7 Å². The topological polar surface area (TPSA) is 94.2 Å². The predicted octanol–water partition coefficient (Wildman–Crippen LogP) is 3.00. The van der Waals surface area contributed by atoms with Crippen molar-refractivity contribution in [3.05, 3.63) is 47.5 Å². The van der Waals surface area contributed by atoms with E-state index < -0.39 is 16.1 Å². The highest BCUT2D eigenvalue weighted by Crippen LogP contribution is 2.30. The zero-order valence-electron chi connectivity index (χ0n) is 19.0. The van der Waals surface area contributed by atoms with Crippen molar-refractivity contribution in [3.63, 3.8) is 0 Å². The third-order valence-corrected chi connectivity index (χ3v) is 7.94. The fourth-order valence-corrected chi connectivity index (χ4v) is 5.76. The van der Waals surface area contributed by atoms with Crippen molar-refractivity contribution in [1.82, 2.24) is 4.31 Å². The monoisotopic (exact) mass is 474 g/mol. The third-order valence-electron chi connectivity index (χ3n) is 6.02. The summed E-state index contributed by atoms with van der Waals surface area (Å²) >= 11 is 0. The molecular weight excluding hydrogens is 444 g/mol. The number of anilines is 1. The lowest BCUT2D eigenvalue weighted by Crippen LogP contribution is -2.40.